The lowest BCUT2D eigenvalue weighted by Gasteiger charge is -2.16. The van der Waals surface area contributed by atoms with Gasteiger partial charge in [-0.2, -0.15) is 0 Å². The molecule has 0 aliphatic rings. The first-order valence-electron chi connectivity index (χ1n) is 6.51. The van der Waals surface area contributed by atoms with Crippen LogP contribution < -0.4 is 5.32 Å². The zero-order valence-electron chi connectivity index (χ0n) is 10.9. The number of nitrogens with zero attached hydrogens (tertiary/aromatic N) is 2. The summed E-state index contributed by atoms with van der Waals surface area (Å²) in [6.07, 6.45) is 8.92. The molecule has 0 saturated heterocycles. The highest BCUT2D eigenvalue weighted by Gasteiger charge is 2.08. The molecule has 0 fully saturated rings. The van der Waals surface area contributed by atoms with Gasteiger partial charge in [0.1, 0.15) is 0 Å². The molecule has 1 unspecified atom stereocenters. The second-order valence-electron chi connectivity index (χ2n) is 4.46. The van der Waals surface area contributed by atoms with E-state index >= 15 is 0 Å². The minimum atomic E-state index is 0.570. The van der Waals surface area contributed by atoms with Crippen molar-refractivity contribution in [3.05, 3.63) is 18.2 Å². The van der Waals surface area contributed by atoms with Gasteiger partial charge >= 0.3 is 0 Å². The lowest BCUT2D eigenvalue weighted by Crippen LogP contribution is -2.18. The third kappa shape index (κ3) is 3.97. The van der Waals surface area contributed by atoms with Crippen molar-refractivity contribution >= 4 is 0 Å². The van der Waals surface area contributed by atoms with E-state index in [1.807, 2.05) is 12.5 Å². The van der Waals surface area contributed by atoms with E-state index in [2.05, 4.69) is 35.6 Å². The van der Waals surface area contributed by atoms with Crippen molar-refractivity contribution in [3.8, 4) is 0 Å². The van der Waals surface area contributed by atoms with Crippen molar-refractivity contribution in [1.82, 2.24) is 14.9 Å². The molecule has 1 N–H and O–H groups in total. The van der Waals surface area contributed by atoms with Crippen LogP contribution in [0.3, 0.4) is 0 Å². The molecule has 3 heteroatoms. The van der Waals surface area contributed by atoms with Crippen LogP contribution in [0.1, 0.15) is 58.2 Å². The van der Waals surface area contributed by atoms with Crippen LogP contribution in [0.25, 0.3) is 0 Å². The Morgan fingerprint density at radius 3 is 2.88 bits per heavy atom. The highest BCUT2D eigenvalue weighted by molar-refractivity contribution is 4.99. The Bertz CT molecular complexity index is 280. The lowest BCUT2D eigenvalue weighted by molar-refractivity contribution is 0.464. The summed E-state index contributed by atoms with van der Waals surface area (Å²) in [6, 6.07) is 0.570. The molecule has 0 aliphatic heterocycles. The van der Waals surface area contributed by atoms with E-state index in [0.29, 0.717) is 6.04 Å². The molecule has 1 atom stereocenters. The van der Waals surface area contributed by atoms with Crippen LogP contribution in [-0.2, 0) is 6.54 Å². The number of aromatic nitrogens is 2. The first-order chi connectivity index (χ1) is 7.79. The van der Waals surface area contributed by atoms with Crippen molar-refractivity contribution in [2.75, 3.05) is 6.54 Å². The molecule has 3 nitrogen and oxygen atoms in total. The number of imidazole rings is 1. The molecule has 0 aliphatic carbocycles. The van der Waals surface area contributed by atoms with Crippen molar-refractivity contribution < 1.29 is 0 Å². The van der Waals surface area contributed by atoms with Gasteiger partial charge in [0.2, 0.25) is 0 Å². The maximum Gasteiger partial charge on any atom is 0.0951 e. The Labute approximate surface area is 99.3 Å². The van der Waals surface area contributed by atoms with E-state index in [1.54, 1.807) is 0 Å². The Balaban J connectivity index is 2.48. The summed E-state index contributed by atoms with van der Waals surface area (Å²) in [6.45, 7) is 8.72. The number of nitrogens with one attached hydrogen (secondary N) is 1. The normalized spacial score (nSPS) is 12.9. The van der Waals surface area contributed by atoms with Gasteiger partial charge in [-0.1, -0.05) is 26.7 Å². The second kappa shape index (κ2) is 7.44. The van der Waals surface area contributed by atoms with E-state index in [1.165, 1.54) is 31.4 Å². The van der Waals surface area contributed by atoms with Crippen LogP contribution in [0.15, 0.2) is 12.5 Å². The summed E-state index contributed by atoms with van der Waals surface area (Å²) < 4.78 is 2.30. The van der Waals surface area contributed by atoms with Gasteiger partial charge in [-0.3, -0.25) is 0 Å². The van der Waals surface area contributed by atoms with Crippen LogP contribution in [0, 0.1) is 0 Å². The minimum absolute atomic E-state index is 0.570. The Hall–Kier alpha value is -0.830. The fourth-order valence-electron chi connectivity index (χ4n) is 1.90. The molecular weight excluding hydrogens is 198 g/mol. The predicted molar refractivity (Wildman–Crippen MR) is 68.5 cm³/mol. The molecule has 92 valence electrons. The third-order valence-corrected chi connectivity index (χ3v) is 2.93. The van der Waals surface area contributed by atoms with Crippen LogP contribution >= 0.6 is 0 Å². The van der Waals surface area contributed by atoms with Crippen molar-refractivity contribution in [3.63, 3.8) is 0 Å². The Kier molecular flexibility index (Phi) is 6.16. The summed E-state index contributed by atoms with van der Waals surface area (Å²) in [5.41, 5.74) is 1.30. The molecule has 0 aromatic carbocycles. The molecule has 1 heterocycles. The highest BCUT2D eigenvalue weighted by Crippen LogP contribution is 2.16. The largest absolute Gasteiger partial charge is 0.331 e. The third-order valence-electron chi connectivity index (χ3n) is 2.93. The van der Waals surface area contributed by atoms with E-state index in [0.717, 1.165) is 13.1 Å². The smallest absolute Gasteiger partial charge is 0.0951 e. The summed E-state index contributed by atoms with van der Waals surface area (Å²) in [4.78, 5) is 4.25. The fourth-order valence-corrected chi connectivity index (χ4v) is 1.90. The zero-order valence-corrected chi connectivity index (χ0v) is 10.9. The lowest BCUT2D eigenvalue weighted by atomic mass is 10.1. The summed E-state index contributed by atoms with van der Waals surface area (Å²) in [7, 11) is 0. The van der Waals surface area contributed by atoms with Gasteiger partial charge in [0.15, 0.2) is 0 Å². The molecule has 0 amide bonds. The summed E-state index contributed by atoms with van der Waals surface area (Å²) in [5, 5.41) is 3.43. The topological polar surface area (TPSA) is 29.9 Å². The number of hydrogen-bond acceptors (Lipinski definition) is 2. The number of hydrogen-bond donors (Lipinski definition) is 1. The van der Waals surface area contributed by atoms with Gasteiger partial charge in [-0.15, -0.1) is 0 Å². The summed E-state index contributed by atoms with van der Waals surface area (Å²) in [5.74, 6) is 0. The predicted octanol–water partition coefficient (Wildman–Crippen LogP) is 3.13. The first kappa shape index (κ1) is 13.2. The highest BCUT2D eigenvalue weighted by atomic mass is 15.1. The molecule has 0 radical (unpaired) electrons. The zero-order chi connectivity index (χ0) is 11.8. The van der Waals surface area contributed by atoms with Gasteiger partial charge in [-0.05, 0) is 26.3 Å². The molecule has 0 spiro atoms. The average Bonchev–Trinajstić information content (AvgIpc) is 2.74. The monoisotopic (exact) mass is 223 g/mol. The van der Waals surface area contributed by atoms with Crippen LogP contribution in [-0.4, -0.2) is 16.1 Å². The molecule has 1 aromatic heterocycles. The number of unbranched alkanes of at least 4 members (excludes halogenated alkanes) is 1. The van der Waals surface area contributed by atoms with E-state index in [4.69, 9.17) is 0 Å². The quantitative estimate of drug-likeness (QED) is 0.686. The Morgan fingerprint density at radius 2 is 2.19 bits per heavy atom. The van der Waals surface area contributed by atoms with E-state index in [-0.39, 0.29) is 0 Å². The molecular formula is C13H25N3. The fraction of sp³-hybridized carbons (Fsp3) is 0.769. The maximum absolute atomic E-state index is 4.25. The molecule has 1 rings (SSSR count). The van der Waals surface area contributed by atoms with Crippen molar-refractivity contribution in [1.29, 1.82) is 0 Å². The standard InChI is InChI=1S/C13H25N3/c1-4-6-7-12(3)16-11-15-10-13(16)9-14-8-5-2/h10-12,14H,4-9H2,1-3H3. The van der Waals surface area contributed by atoms with E-state index in [9.17, 15) is 0 Å². The molecule has 1 aromatic rings. The van der Waals surface area contributed by atoms with Crippen LogP contribution in [0.2, 0.25) is 0 Å². The number of rotatable bonds is 8. The second-order valence-corrected chi connectivity index (χ2v) is 4.46. The van der Waals surface area contributed by atoms with Crippen LogP contribution in [0.4, 0.5) is 0 Å². The van der Waals surface area contributed by atoms with Gasteiger partial charge in [0.05, 0.1) is 12.0 Å². The van der Waals surface area contributed by atoms with Crippen LogP contribution in [0.5, 0.6) is 0 Å². The maximum atomic E-state index is 4.25. The molecule has 0 saturated carbocycles. The SMILES string of the molecule is CCCCC(C)n1cncc1CNCCC. The minimum Gasteiger partial charge on any atom is -0.331 e. The molecule has 0 bridgehead atoms. The van der Waals surface area contributed by atoms with Crippen molar-refractivity contribution in [2.24, 2.45) is 0 Å². The average molecular weight is 223 g/mol. The Morgan fingerprint density at radius 1 is 1.38 bits per heavy atom. The molecule has 16 heavy (non-hydrogen) atoms. The van der Waals surface area contributed by atoms with Gasteiger partial charge in [0, 0.05) is 18.8 Å². The first-order valence-corrected chi connectivity index (χ1v) is 6.51. The van der Waals surface area contributed by atoms with Crippen molar-refractivity contribution in [2.45, 2.75) is 59.0 Å². The van der Waals surface area contributed by atoms with Gasteiger partial charge in [0.25, 0.3) is 0 Å². The summed E-state index contributed by atoms with van der Waals surface area (Å²) >= 11 is 0. The van der Waals surface area contributed by atoms with E-state index < -0.39 is 0 Å². The van der Waals surface area contributed by atoms with Gasteiger partial charge in [-0.25, -0.2) is 4.98 Å². The van der Waals surface area contributed by atoms with Gasteiger partial charge < -0.3 is 9.88 Å².